The summed E-state index contributed by atoms with van der Waals surface area (Å²) in [5, 5.41) is 3.54. The molecule has 0 amide bonds. The van der Waals surface area contributed by atoms with Gasteiger partial charge in [0, 0.05) is 13.1 Å². The second-order valence-corrected chi connectivity index (χ2v) is 4.74. The highest BCUT2D eigenvalue weighted by atomic mass is 15.2. The van der Waals surface area contributed by atoms with Gasteiger partial charge in [0.25, 0.3) is 0 Å². The molecular formula is C11H22N2. The molecule has 0 aromatic heterocycles. The van der Waals surface area contributed by atoms with E-state index in [1.807, 2.05) is 0 Å². The number of nitrogens with one attached hydrogen (secondary N) is 1. The third-order valence-electron chi connectivity index (χ3n) is 3.39. The number of nitrogens with zero attached hydrogens (tertiary/aromatic N) is 1. The van der Waals surface area contributed by atoms with Gasteiger partial charge in [-0.15, -0.1) is 0 Å². The summed E-state index contributed by atoms with van der Waals surface area (Å²) in [7, 11) is 0. The van der Waals surface area contributed by atoms with Gasteiger partial charge in [-0.2, -0.15) is 0 Å². The first-order chi connectivity index (χ1) is 6.38. The lowest BCUT2D eigenvalue weighted by Gasteiger charge is -2.41. The van der Waals surface area contributed by atoms with Gasteiger partial charge in [0.05, 0.1) is 0 Å². The van der Waals surface area contributed by atoms with Gasteiger partial charge in [-0.05, 0) is 44.3 Å². The van der Waals surface area contributed by atoms with Crippen molar-refractivity contribution in [3.05, 3.63) is 0 Å². The maximum Gasteiger partial charge on any atom is 0.00220 e. The smallest absolute Gasteiger partial charge is 0.00220 e. The van der Waals surface area contributed by atoms with Crippen LogP contribution < -0.4 is 5.32 Å². The van der Waals surface area contributed by atoms with Crippen LogP contribution in [0.15, 0.2) is 0 Å². The van der Waals surface area contributed by atoms with Crippen molar-refractivity contribution in [1.29, 1.82) is 0 Å². The number of hydrogen-bond acceptors (Lipinski definition) is 2. The first kappa shape index (κ1) is 9.47. The van der Waals surface area contributed by atoms with Crippen LogP contribution in [0.4, 0.5) is 0 Å². The number of hydrogen-bond donors (Lipinski definition) is 1. The van der Waals surface area contributed by atoms with Gasteiger partial charge in [-0.3, -0.25) is 0 Å². The molecule has 2 heteroatoms. The van der Waals surface area contributed by atoms with E-state index in [1.165, 1.54) is 52.0 Å². The lowest BCUT2D eigenvalue weighted by molar-refractivity contribution is 0.0963. The minimum atomic E-state index is 0.948. The van der Waals surface area contributed by atoms with Gasteiger partial charge in [0.1, 0.15) is 0 Å². The van der Waals surface area contributed by atoms with Crippen molar-refractivity contribution < 1.29 is 0 Å². The molecule has 2 atom stereocenters. The average Bonchev–Trinajstić information content (AvgIpc) is 2.14. The zero-order valence-electron chi connectivity index (χ0n) is 8.76. The second kappa shape index (κ2) is 4.43. The third kappa shape index (κ3) is 2.44. The number of rotatable bonds is 3. The van der Waals surface area contributed by atoms with E-state index in [0.717, 1.165) is 11.8 Å². The number of piperidine rings is 2. The lowest BCUT2D eigenvalue weighted by Crippen LogP contribution is -2.51. The summed E-state index contributed by atoms with van der Waals surface area (Å²) in [6, 6.07) is 0. The van der Waals surface area contributed by atoms with E-state index in [0.29, 0.717) is 0 Å². The maximum atomic E-state index is 3.54. The Balaban J connectivity index is 1.80. The molecule has 0 spiro atoms. The Bertz CT molecular complexity index is 146. The predicted octanol–water partition coefficient (Wildman–Crippen LogP) is 1.33. The van der Waals surface area contributed by atoms with Gasteiger partial charge < -0.3 is 10.2 Å². The number of unbranched alkanes of at least 4 members (excludes halogenated alkanes) is 1. The fourth-order valence-corrected chi connectivity index (χ4v) is 2.78. The molecule has 2 bridgehead atoms. The summed E-state index contributed by atoms with van der Waals surface area (Å²) >= 11 is 0. The zero-order chi connectivity index (χ0) is 9.10. The zero-order valence-corrected chi connectivity index (χ0v) is 8.76. The number of fused-ring (bicyclic) bond motifs is 2. The van der Waals surface area contributed by atoms with E-state index in [9.17, 15) is 0 Å². The Kier molecular flexibility index (Phi) is 3.23. The van der Waals surface area contributed by atoms with E-state index in [4.69, 9.17) is 0 Å². The van der Waals surface area contributed by atoms with E-state index in [2.05, 4.69) is 17.1 Å². The van der Waals surface area contributed by atoms with Crippen molar-refractivity contribution in [3.63, 3.8) is 0 Å². The Morgan fingerprint density at radius 2 is 1.92 bits per heavy atom. The molecule has 2 aliphatic rings. The summed E-state index contributed by atoms with van der Waals surface area (Å²) in [5.74, 6) is 1.90. The largest absolute Gasteiger partial charge is 0.316 e. The average molecular weight is 182 g/mol. The molecule has 2 rings (SSSR count). The molecule has 0 aliphatic carbocycles. The molecule has 1 N–H and O–H groups in total. The quantitative estimate of drug-likeness (QED) is 0.708. The van der Waals surface area contributed by atoms with Crippen LogP contribution >= 0.6 is 0 Å². The molecule has 76 valence electrons. The lowest BCUT2D eigenvalue weighted by atomic mass is 9.86. The monoisotopic (exact) mass is 182 g/mol. The summed E-state index contributed by atoms with van der Waals surface area (Å²) in [6.07, 6.45) is 4.20. The highest BCUT2D eigenvalue weighted by Gasteiger charge is 2.29. The second-order valence-electron chi connectivity index (χ2n) is 4.74. The summed E-state index contributed by atoms with van der Waals surface area (Å²) in [5.41, 5.74) is 0. The van der Waals surface area contributed by atoms with Crippen molar-refractivity contribution in [2.45, 2.75) is 26.2 Å². The predicted molar refractivity (Wildman–Crippen MR) is 55.8 cm³/mol. The maximum absolute atomic E-state index is 3.54. The van der Waals surface area contributed by atoms with E-state index >= 15 is 0 Å². The first-order valence-electron chi connectivity index (χ1n) is 5.81. The van der Waals surface area contributed by atoms with Gasteiger partial charge >= 0.3 is 0 Å². The Labute approximate surface area is 81.7 Å². The Morgan fingerprint density at radius 3 is 2.54 bits per heavy atom. The molecule has 0 aromatic rings. The Morgan fingerprint density at radius 1 is 1.23 bits per heavy atom. The third-order valence-corrected chi connectivity index (χ3v) is 3.39. The van der Waals surface area contributed by atoms with Crippen LogP contribution in [0.1, 0.15) is 26.2 Å². The van der Waals surface area contributed by atoms with Crippen molar-refractivity contribution >= 4 is 0 Å². The Hall–Kier alpha value is -0.0800. The standard InChI is InChI=1S/C11H22N2/c1-2-3-4-13-8-10-5-11(9-13)7-12-6-10/h10-12H,2-9H2,1H3/t10-,11-/m1/s1. The highest BCUT2D eigenvalue weighted by Crippen LogP contribution is 2.24. The normalized spacial score (nSPS) is 34.8. The molecule has 0 aromatic carbocycles. The van der Waals surface area contributed by atoms with Crippen LogP contribution in [0.2, 0.25) is 0 Å². The SMILES string of the molecule is CCCCN1C[C@H]2CNC[C@@H](C2)C1. The fraction of sp³-hybridized carbons (Fsp3) is 1.00. The van der Waals surface area contributed by atoms with Crippen LogP contribution in [0.3, 0.4) is 0 Å². The van der Waals surface area contributed by atoms with E-state index in [1.54, 1.807) is 0 Å². The molecule has 2 heterocycles. The minimum Gasteiger partial charge on any atom is -0.316 e. The van der Waals surface area contributed by atoms with E-state index in [-0.39, 0.29) is 0 Å². The van der Waals surface area contributed by atoms with Crippen molar-refractivity contribution in [2.24, 2.45) is 11.8 Å². The van der Waals surface area contributed by atoms with Crippen LogP contribution in [0.25, 0.3) is 0 Å². The summed E-state index contributed by atoms with van der Waals surface area (Å²) < 4.78 is 0. The van der Waals surface area contributed by atoms with Crippen molar-refractivity contribution in [2.75, 3.05) is 32.7 Å². The topological polar surface area (TPSA) is 15.3 Å². The molecule has 0 radical (unpaired) electrons. The summed E-state index contributed by atoms with van der Waals surface area (Å²) in [4.78, 5) is 2.68. The van der Waals surface area contributed by atoms with Crippen LogP contribution in [0, 0.1) is 11.8 Å². The molecule has 2 nitrogen and oxygen atoms in total. The molecule has 2 aliphatic heterocycles. The molecule has 0 saturated carbocycles. The van der Waals surface area contributed by atoms with Crippen molar-refractivity contribution in [1.82, 2.24) is 10.2 Å². The van der Waals surface area contributed by atoms with Crippen LogP contribution in [-0.4, -0.2) is 37.6 Å². The molecule has 2 fully saturated rings. The van der Waals surface area contributed by atoms with Gasteiger partial charge in [0.15, 0.2) is 0 Å². The van der Waals surface area contributed by atoms with Gasteiger partial charge in [-0.25, -0.2) is 0 Å². The van der Waals surface area contributed by atoms with Gasteiger partial charge in [-0.1, -0.05) is 13.3 Å². The number of likely N-dealkylation sites (tertiary alicyclic amines) is 1. The molecule has 13 heavy (non-hydrogen) atoms. The summed E-state index contributed by atoms with van der Waals surface area (Å²) in [6.45, 7) is 8.85. The molecular weight excluding hydrogens is 160 g/mol. The van der Waals surface area contributed by atoms with Gasteiger partial charge in [0.2, 0.25) is 0 Å². The van der Waals surface area contributed by atoms with Crippen LogP contribution in [0.5, 0.6) is 0 Å². The van der Waals surface area contributed by atoms with E-state index < -0.39 is 0 Å². The first-order valence-corrected chi connectivity index (χ1v) is 5.81. The molecule has 0 unspecified atom stereocenters. The minimum absolute atomic E-state index is 0.948. The molecule has 2 saturated heterocycles. The highest BCUT2D eigenvalue weighted by molar-refractivity contribution is 4.85. The van der Waals surface area contributed by atoms with Crippen LogP contribution in [-0.2, 0) is 0 Å². The fourth-order valence-electron chi connectivity index (χ4n) is 2.78. The van der Waals surface area contributed by atoms with Crippen molar-refractivity contribution in [3.8, 4) is 0 Å².